The summed E-state index contributed by atoms with van der Waals surface area (Å²) in [6.45, 7) is 0. The first-order chi connectivity index (χ1) is 8.35. The van der Waals surface area contributed by atoms with Crippen molar-refractivity contribution in [2.24, 2.45) is 78.5 Å². The van der Waals surface area contributed by atoms with E-state index in [0.29, 0.717) is 0 Å². The van der Waals surface area contributed by atoms with Crippen molar-refractivity contribution in [1.29, 1.82) is 5.53 Å². The number of rotatable bonds is 6. The highest BCUT2D eigenvalue weighted by atomic mass is 31.1. The predicted octanol–water partition coefficient (Wildman–Crippen LogP) is 2.36. The van der Waals surface area contributed by atoms with Crippen LogP contribution in [-0.2, 0) is 0 Å². The molecular weight excluding hydrogens is 255 g/mol. The molecule has 0 bridgehead atoms. The van der Waals surface area contributed by atoms with Crippen molar-refractivity contribution in [2.75, 3.05) is 0 Å². The molecule has 0 fully saturated rings. The fraction of sp³-hybridized carbons (Fsp3) is 0. The summed E-state index contributed by atoms with van der Waals surface area (Å²) in [4.78, 5) is 10.1. The van der Waals surface area contributed by atoms with Gasteiger partial charge >= 0.3 is 0 Å². The molecule has 0 amide bonds. The minimum absolute atomic E-state index is 1.91. The fourth-order valence-corrected chi connectivity index (χ4v) is 0.728. The second-order valence-corrected chi connectivity index (χ2v) is 2.57. The molecule has 0 aliphatic heterocycles. The van der Waals surface area contributed by atoms with Crippen LogP contribution < -0.4 is 11.7 Å². The van der Waals surface area contributed by atoms with Crippen molar-refractivity contribution >= 4 is 7.66 Å². The average molecular weight is 260 g/mol. The summed E-state index contributed by atoms with van der Waals surface area (Å²) in [5.74, 6) is 9.30. The second-order valence-electron chi connectivity index (χ2n) is 1.49. The van der Waals surface area contributed by atoms with E-state index in [2.05, 4.69) is 78.5 Å². The largest absolute Gasteiger partial charge is 0.303 e. The third-order valence-electron chi connectivity index (χ3n) is 0.668. The van der Waals surface area contributed by atoms with Gasteiger partial charge in [0.25, 0.3) is 7.66 Å². The van der Waals surface area contributed by atoms with Gasteiger partial charge in [0, 0.05) is 0 Å². The predicted molar refractivity (Wildman–Crippen MR) is 49.6 cm³/mol. The third kappa shape index (κ3) is 9.41. The number of nitrogens with two attached hydrogens (primary N) is 2. The SMILES string of the molecule is N=N/N=N/N=P(=N\N=N\N=N\N)\N=N\N=N\N. The second kappa shape index (κ2) is 11.2. The van der Waals surface area contributed by atoms with E-state index in [1.54, 1.807) is 0 Å². The summed E-state index contributed by atoms with van der Waals surface area (Å²) in [7, 11) is -1.91. The van der Waals surface area contributed by atoms with Gasteiger partial charge in [0.1, 0.15) is 0 Å². The van der Waals surface area contributed by atoms with Gasteiger partial charge in [0.15, 0.2) is 0 Å². The summed E-state index contributed by atoms with van der Waals surface area (Å²) in [5.41, 5.74) is 6.30. The molecule has 0 saturated heterocycles. The maximum atomic E-state index is 6.30. The van der Waals surface area contributed by atoms with Crippen molar-refractivity contribution in [1.82, 2.24) is 0 Å². The zero-order valence-electron chi connectivity index (χ0n) is 7.92. The molecule has 17 heavy (non-hydrogen) atoms. The molecule has 1 atom stereocenters. The zero-order chi connectivity index (χ0) is 12.8. The van der Waals surface area contributed by atoms with Gasteiger partial charge in [-0.25, -0.2) is 0 Å². The minimum atomic E-state index is -1.91. The van der Waals surface area contributed by atoms with E-state index in [1.165, 1.54) is 0 Å². The normalized spacial score (nSPS) is 14.2. The van der Waals surface area contributed by atoms with Crippen molar-refractivity contribution in [3.63, 3.8) is 0 Å². The van der Waals surface area contributed by atoms with Crippen LogP contribution in [0.4, 0.5) is 0 Å². The lowest BCUT2D eigenvalue weighted by molar-refractivity contribution is 0.851. The molecule has 0 aliphatic rings. The van der Waals surface area contributed by atoms with Crippen LogP contribution in [-0.4, -0.2) is 0 Å². The smallest absolute Gasteiger partial charge is 0.261 e. The number of hydrogen-bond donors (Lipinski definition) is 3. The van der Waals surface area contributed by atoms with Crippen LogP contribution in [0.1, 0.15) is 0 Å². The Morgan fingerprint density at radius 3 is 1.88 bits per heavy atom. The topological polar surface area (TPSA) is 237 Å². The van der Waals surface area contributed by atoms with Crippen molar-refractivity contribution in [3.8, 4) is 0 Å². The minimum Gasteiger partial charge on any atom is -0.303 e. The van der Waals surface area contributed by atoms with Crippen LogP contribution in [0, 0.1) is 5.53 Å². The van der Waals surface area contributed by atoms with Gasteiger partial charge in [-0.2, -0.15) is 5.53 Å². The lowest BCUT2D eigenvalue weighted by Gasteiger charge is -1.75. The van der Waals surface area contributed by atoms with E-state index in [4.69, 9.17) is 5.53 Å². The Kier molecular flexibility index (Phi) is 9.27. The number of nitrogens with one attached hydrogen (secondary N) is 1. The highest BCUT2D eigenvalue weighted by Crippen LogP contribution is 2.19. The quantitative estimate of drug-likeness (QED) is 0.282. The van der Waals surface area contributed by atoms with E-state index in [9.17, 15) is 0 Å². The highest BCUT2D eigenvalue weighted by molar-refractivity contribution is 7.34. The molecule has 0 aromatic heterocycles. The van der Waals surface area contributed by atoms with Crippen LogP contribution >= 0.6 is 7.66 Å². The van der Waals surface area contributed by atoms with Crippen molar-refractivity contribution in [3.05, 3.63) is 0 Å². The molecule has 0 rings (SSSR count). The molecule has 90 valence electrons. The number of hydrogen-bond acceptors (Lipinski definition) is 3. The highest BCUT2D eigenvalue weighted by Gasteiger charge is 1.82. The first-order valence-electron chi connectivity index (χ1n) is 3.34. The molecule has 16 nitrogen and oxygen atoms in total. The van der Waals surface area contributed by atoms with Gasteiger partial charge in [-0.15, -0.1) is 0 Å². The molecule has 0 aliphatic carbocycles. The van der Waals surface area contributed by atoms with Crippen LogP contribution in [0.2, 0.25) is 0 Å². The van der Waals surface area contributed by atoms with Crippen LogP contribution in [0.3, 0.4) is 0 Å². The Balaban J connectivity index is 4.89. The number of nitrogens with zero attached hydrogens (tertiary/aromatic N) is 13. The summed E-state index contributed by atoms with van der Waals surface area (Å²) in [6, 6.07) is 0. The summed E-state index contributed by atoms with van der Waals surface area (Å²) in [6.07, 6.45) is 0. The molecule has 0 heterocycles. The Labute approximate surface area is 92.7 Å². The molecule has 0 radical (unpaired) electrons. The van der Waals surface area contributed by atoms with Crippen LogP contribution in [0.15, 0.2) is 66.8 Å². The Morgan fingerprint density at radius 2 is 1.29 bits per heavy atom. The molecule has 17 heteroatoms. The van der Waals surface area contributed by atoms with Gasteiger partial charge < -0.3 is 11.7 Å². The first kappa shape index (κ1) is 14.1. The molecule has 0 spiro atoms. The van der Waals surface area contributed by atoms with Crippen molar-refractivity contribution in [2.45, 2.75) is 0 Å². The van der Waals surface area contributed by atoms with Gasteiger partial charge in [0.05, 0.1) is 0 Å². The standard InChI is InChI=1S/H5N16P/c1-4-7-10-13-16-17(14-11-8-5-2)15-12-9-6-3/h(H2,1,7,13)(H3,2,3,4,8,9,10,14,15,16). The third-order valence-corrected chi connectivity index (χ3v) is 1.39. The first-order valence-corrected chi connectivity index (χ1v) is 4.54. The molecule has 0 aromatic carbocycles. The molecule has 0 saturated carbocycles. The van der Waals surface area contributed by atoms with E-state index in [-0.39, 0.29) is 0 Å². The average Bonchev–Trinajstić information content (AvgIpc) is 2.34. The van der Waals surface area contributed by atoms with E-state index >= 15 is 0 Å². The van der Waals surface area contributed by atoms with Gasteiger partial charge in [-0.05, 0) is 41.8 Å². The molecular formula is H5N16P. The van der Waals surface area contributed by atoms with Gasteiger partial charge in [0.2, 0.25) is 0 Å². The maximum Gasteiger partial charge on any atom is 0.261 e. The summed E-state index contributed by atoms with van der Waals surface area (Å²) >= 11 is 0. The van der Waals surface area contributed by atoms with E-state index in [0.717, 1.165) is 0 Å². The molecule has 1 unspecified atom stereocenters. The van der Waals surface area contributed by atoms with E-state index in [1.807, 2.05) is 0 Å². The Morgan fingerprint density at radius 1 is 0.706 bits per heavy atom. The van der Waals surface area contributed by atoms with Crippen LogP contribution in [0.25, 0.3) is 0 Å². The molecule has 5 N–H and O–H groups in total. The zero-order valence-corrected chi connectivity index (χ0v) is 8.81. The fourth-order valence-electron chi connectivity index (χ4n) is 0.299. The van der Waals surface area contributed by atoms with Crippen LogP contribution in [0.5, 0.6) is 0 Å². The summed E-state index contributed by atoms with van der Waals surface area (Å²) < 4.78 is 0. The lowest BCUT2D eigenvalue weighted by atomic mass is 12.5. The van der Waals surface area contributed by atoms with Crippen molar-refractivity contribution < 1.29 is 0 Å². The van der Waals surface area contributed by atoms with E-state index < -0.39 is 7.66 Å². The monoisotopic (exact) mass is 260 g/mol. The maximum absolute atomic E-state index is 6.30. The van der Waals surface area contributed by atoms with Gasteiger partial charge in [-0.3, -0.25) is 0 Å². The lowest BCUT2D eigenvalue weighted by Crippen LogP contribution is -1.70. The Bertz CT molecular complexity index is 420. The summed E-state index contributed by atoms with van der Waals surface area (Å²) in [5, 5.41) is 29.2. The van der Waals surface area contributed by atoms with Gasteiger partial charge in [-0.1, -0.05) is 25.0 Å². The molecule has 0 aromatic rings. The Hall–Kier alpha value is -2.90.